The molecule has 0 heterocycles. The van der Waals surface area contributed by atoms with E-state index in [4.69, 9.17) is 16.3 Å². The van der Waals surface area contributed by atoms with Gasteiger partial charge in [0, 0.05) is 11.7 Å². The molecule has 1 rings (SSSR count). The van der Waals surface area contributed by atoms with E-state index in [0.29, 0.717) is 16.5 Å². The summed E-state index contributed by atoms with van der Waals surface area (Å²) < 4.78 is 5.53. The fourth-order valence-electron chi connectivity index (χ4n) is 1.43. The Bertz CT molecular complexity index is 433. The number of benzene rings is 1. The van der Waals surface area contributed by atoms with Crippen LogP contribution in [-0.4, -0.2) is 24.6 Å². The number of ether oxygens (including phenoxy) is 1. The lowest BCUT2D eigenvalue weighted by Gasteiger charge is -2.13. The molecule has 0 aliphatic carbocycles. The Hall–Kier alpha value is -1.26. The van der Waals surface area contributed by atoms with Crippen molar-refractivity contribution < 1.29 is 9.53 Å². The van der Waals surface area contributed by atoms with E-state index >= 15 is 0 Å². The number of halogens is 1. The maximum Gasteiger partial charge on any atom is 0.238 e. The van der Waals surface area contributed by atoms with Gasteiger partial charge in [0.25, 0.3) is 0 Å². The van der Waals surface area contributed by atoms with E-state index in [2.05, 4.69) is 10.6 Å². The van der Waals surface area contributed by atoms with E-state index in [1.54, 1.807) is 18.2 Å². The highest BCUT2D eigenvalue weighted by Crippen LogP contribution is 2.28. The van der Waals surface area contributed by atoms with E-state index in [9.17, 15) is 4.79 Å². The Morgan fingerprint density at radius 1 is 1.32 bits per heavy atom. The predicted octanol–water partition coefficient (Wildman–Crippen LogP) is 3.06. The van der Waals surface area contributed by atoms with Crippen molar-refractivity contribution >= 4 is 23.2 Å². The monoisotopic (exact) mass is 284 g/mol. The summed E-state index contributed by atoms with van der Waals surface area (Å²) in [5, 5.41) is 6.31. The van der Waals surface area contributed by atoms with Crippen molar-refractivity contribution in [3.63, 3.8) is 0 Å². The van der Waals surface area contributed by atoms with Crippen LogP contribution in [-0.2, 0) is 4.79 Å². The van der Waals surface area contributed by atoms with Crippen LogP contribution >= 0.6 is 11.6 Å². The minimum atomic E-state index is -0.0951. The second kappa shape index (κ2) is 7.36. The van der Waals surface area contributed by atoms with Crippen molar-refractivity contribution in [1.82, 2.24) is 5.32 Å². The molecule has 4 nitrogen and oxygen atoms in total. The van der Waals surface area contributed by atoms with Gasteiger partial charge in [0.1, 0.15) is 5.75 Å². The first kappa shape index (κ1) is 15.8. The number of anilines is 1. The third kappa shape index (κ3) is 5.94. The zero-order valence-electron chi connectivity index (χ0n) is 11.8. The molecule has 19 heavy (non-hydrogen) atoms. The minimum Gasteiger partial charge on any atom is -0.489 e. The van der Waals surface area contributed by atoms with Gasteiger partial charge in [0.2, 0.25) is 5.91 Å². The zero-order valence-corrected chi connectivity index (χ0v) is 12.5. The van der Waals surface area contributed by atoms with Crippen LogP contribution in [0.4, 0.5) is 5.69 Å². The molecule has 1 aromatic carbocycles. The largest absolute Gasteiger partial charge is 0.489 e. The van der Waals surface area contributed by atoms with E-state index in [1.165, 1.54) is 0 Å². The van der Waals surface area contributed by atoms with Crippen molar-refractivity contribution in [2.75, 3.05) is 11.9 Å². The molecule has 0 bridgehead atoms. The summed E-state index contributed by atoms with van der Waals surface area (Å²) in [6.45, 7) is 8.12. The number of nitrogens with one attached hydrogen (secondary N) is 2. The summed E-state index contributed by atoms with van der Waals surface area (Å²) in [6.07, 6.45) is 0.0631. The van der Waals surface area contributed by atoms with E-state index in [0.717, 1.165) is 0 Å². The van der Waals surface area contributed by atoms with Gasteiger partial charge in [0.15, 0.2) is 0 Å². The van der Waals surface area contributed by atoms with Crippen molar-refractivity contribution in [2.45, 2.75) is 39.8 Å². The number of hydrogen-bond acceptors (Lipinski definition) is 3. The Kier molecular flexibility index (Phi) is 6.12. The van der Waals surface area contributed by atoms with Crippen molar-refractivity contribution in [1.29, 1.82) is 0 Å². The van der Waals surface area contributed by atoms with Gasteiger partial charge in [-0.15, -0.1) is 0 Å². The van der Waals surface area contributed by atoms with Crippen LogP contribution in [0, 0.1) is 0 Å². The second-order valence-electron chi connectivity index (χ2n) is 4.90. The second-order valence-corrected chi connectivity index (χ2v) is 5.30. The number of carbonyl (C=O) groups is 1. The van der Waals surface area contributed by atoms with Crippen LogP contribution in [0.5, 0.6) is 5.75 Å². The highest BCUT2D eigenvalue weighted by molar-refractivity contribution is 6.32. The highest BCUT2D eigenvalue weighted by Gasteiger charge is 2.07. The number of hydrogen-bond donors (Lipinski definition) is 2. The molecule has 0 aromatic heterocycles. The Morgan fingerprint density at radius 2 is 2.00 bits per heavy atom. The third-order valence-corrected chi connectivity index (χ3v) is 2.54. The molecule has 2 N–H and O–H groups in total. The molecule has 106 valence electrons. The van der Waals surface area contributed by atoms with Crippen LogP contribution < -0.4 is 15.4 Å². The quantitative estimate of drug-likeness (QED) is 0.844. The van der Waals surface area contributed by atoms with E-state index < -0.39 is 0 Å². The van der Waals surface area contributed by atoms with Gasteiger partial charge in [-0.05, 0) is 32.0 Å². The normalized spacial score (nSPS) is 10.9. The molecule has 0 aliphatic rings. The highest BCUT2D eigenvalue weighted by atomic mass is 35.5. The fraction of sp³-hybridized carbons (Fsp3) is 0.500. The summed E-state index contributed by atoms with van der Waals surface area (Å²) in [7, 11) is 0. The standard InChI is InChI=1S/C14H21ClN2O2/c1-9(2)16-8-14(18)17-11-5-6-13(12(15)7-11)19-10(3)4/h5-7,9-10,16H,8H2,1-4H3,(H,17,18). The van der Waals surface area contributed by atoms with Crippen LogP contribution in [0.2, 0.25) is 5.02 Å². The van der Waals surface area contributed by atoms with Gasteiger partial charge in [-0.1, -0.05) is 25.4 Å². The lowest BCUT2D eigenvalue weighted by molar-refractivity contribution is -0.115. The van der Waals surface area contributed by atoms with Gasteiger partial charge < -0.3 is 15.4 Å². The SMILES string of the molecule is CC(C)NCC(=O)Nc1ccc(OC(C)C)c(Cl)c1. The maximum absolute atomic E-state index is 11.6. The zero-order chi connectivity index (χ0) is 14.4. The summed E-state index contributed by atoms with van der Waals surface area (Å²) in [5.74, 6) is 0.525. The molecule has 0 radical (unpaired) electrons. The summed E-state index contributed by atoms with van der Waals surface area (Å²) in [4.78, 5) is 11.6. The van der Waals surface area contributed by atoms with Crippen LogP contribution in [0.1, 0.15) is 27.7 Å². The Labute approximate surface area is 119 Å². The molecule has 0 spiro atoms. The molecular weight excluding hydrogens is 264 g/mol. The predicted molar refractivity (Wildman–Crippen MR) is 79.0 cm³/mol. The molecule has 5 heteroatoms. The average molecular weight is 285 g/mol. The Morgan fingerprint density at radius 3 is 2.53 bits per heavy atom. The maximum atomic E-state index is 11.6. The summed E-state index contributed by atoms with van der Waals surface area (Å²) in [6, 6.07) is 5.49. The molecular formula is C14H21ClN2O2. The molecule has 0 aliphatic heterocycles. The van der Waals surface area contributed by atoms with Crippen LogP contribution in [0.25, 0.3) is 0 Å². The van der Waals surface area contributed by atoms with Crippen molar-refractivity contribution in [2.24, 2.45) is 0 Å². The first-order valence-electron chi connectivity index (χ1n) is 6.38. The van der Waals surface area contributed by atoms with Crippen LogP contribution in [0.3, 0.4) is 0 Å². The first-order chi connectivity index (χ1) is 8.88. The number of amides is 1. The lowest BCUT2D eigenvalue weighted by atomic mass is 10.3. The van der Waals surface area contributed by atoms with Crippen molar-refractivity contribution in [3.8, 4) is 5.75 Å². The first-order valence-corrected chi connectivity index (χ1v) is 6.75. The third-order valence-electron chi connectivity index (χ3n) is 2.25. The van der Waals surface area contributed by atoms with Gasteiger partial charge in [-0.3, -0.25) is 4.79 Å². The van der Waals surface area contributed by atoms with Gasteiger partial charge >= 0.3 is 0 Å². The van der Waals surface area contributed by atoms with Gasteiger partial charge in [0.05, 0.1) is 17.7 Å². The minimum absolute atomic E-state index is 0.0631. The molecule has 0 fully saturated rings. The lowest BCUT2D eigenvalue weighted by Crippen LogP contribution is -2.32. The average Bonchev–Trinajstić information content (AvgIpc) is 2.29. The molecule has 1 aromatic rings. The topological polar surface area (TPSA) is 50.4 Å². The van der Waals surface area contributed by atoms with Gasteiger partial charge in [-0.25, -0.2) is 0 Å². The Balaban J connectivity index is 2.60. The molecule has 0 saturated heterocycles. The fourth-order valence-corrected chi connectivity index (χ4v) is 1.66. The smallest absolute Gasteiger partial charge is 0.238 e. The van der Waals surface area contributed by atoms with E-state index in [1.807, 2.05) is 27.7 Å². The van der Waals surface area contributed by atoms with E-state index in [-0.39, 0.29) is 24.6 Å². The molecule has 1 amide bonds. The molecule has 0 atom stereocenters. The summed E-state index contributed by atoms with van der Waals surface area (Å²) in [5.41, 5.74) is 0.664. The molecule has 0 unspecified atom stereocenters. The number of rotatable bonds is 6. The molecule has 0 saturated carbocycles. The van der Waals surface area contributed by atoms with Crippen molar-refractivity contribution in [3.05, 3.63) is 23.2 Å². The summed E-state index contributed by atoms with van der Waals surface area (Å²) >= 11 is 6.09. The van der Waals surface area contributed by atoms with Gasteiger partial charge in [-0.2, -0.15) is 0 Å². The number of carbonyl (C=O) groups excluding carboxylic acids is 1. The van der Waals surface area contributed by atoms with Crippen LogP contribution in [0.15, 0.2) is 18.2 Å².